The summed E-state index contributed by atoms with van der Waals surface area (Å²) in [4.78, 5) is 26.4. The van der Waals surface area contributed by atoms with Gasteiger partial charge < -0.3 is 9.47 Å². The van der Waals surface area contributed by atoms with Crippen molar-refractivity contribution in [1.29, 1.82) is 0 Å². The molecule has 4 nitrogen and oxygen atoms in total. The minimum atomic E-state index is -0.897. The Morgan fingerprint density at radius 3 is 2.33 bits per heavy atom. The smallest absolute Gasteiger partial charge is 0.317 e. The summed E-state index contributed by atoms with van der Waals surface area (Å²) in [6, 6.07) is 17.2. The molecule has 0 spiro atoms. The van der Waals surface area contributed by atoms with Gasteiger partial charge in [-0.05, 0) is 41.7 Å². The van der Waals surface area contributed by atoms with Gasteiger partial charge in [-0.25, -0.2) is 0 Å². The van der Waals surface area contributed by atoms with Crippen molar-refractivity contribution in [2.45, 2.75) is 19.3 Å². The molecule has 0 amide bonds. The molecule has 1 saturated carbocycles. The fourth-order valence-corrected chi connectivity index (χ4v) is 4.76. The van der Waals surface area contributed by atoms with E-state index in [2.05, 4.69) is 0 Å². The van der Waals surface area contributed by atoms with Gasteiger partial charge in [0.1, 0.15) is 11.2 Å². The van der Waals surface area contributed by atoms with Crippen LogP contribution in [0.4, 0.5) is 0 Å². The zero-order valence-corrected chi connectivity index (χ0v) is 15.5. The standard InChI is InChI=1S/C23H22O4/c1-26-17-12-10-16(11-13-17)20-19(15-7-4-3-5-8-15)21(24)18-9-6-14-23(18,20)22(25)27-2/h3-5,7-8,10-13,18H,6,9,14H2,1-2H3. The third-order valence-corrected chi connectivity index (χ3v) is 5.91. The van der Waals surface area contributed by atoms with E-state index in [1.54, 1.807) is 7.11 Å². The molecule has 0 heterocycles. The molecule has 2 atom stereocenters. The van der Waals surface area contributed by atoms with Crippen molar-refractivity contribution < 1.29 is 19.1 Å². The second-order valence-corrected chi connectivity index (χ2v) is 7.12. The maximum Gasteiger partial charge on any atom is 0.317 e. The van der Waals surface area contributed by atoms with Crippen molar-refractivity contribution in [3.8, 4) is 5.75 Å². The summed E-state index contributed by atoms with van der Waals surface area (Å²) in [5.74, 6) is 0.127. The largest absolute Gasteiger partial charge is 0.497 e. The molecule has 0 radical (unpaired) electrons. The summed E-state index contributed by atoms with van der Waals surface area (Å²) in [7, 11) is 3.02. The normalized spacial score (nSPS) is 24.1. The third-order valence-electron chi connectivity index (χ3n) is 5.91. The second-order valence-electron chi connectivity index (χ2n) is 7.12. The van der Waals surface area contributed by atoms with Crippen molar-refractivity contribution >= 4 is 22.9 Å². The Morgan fingerprint density at radius 2 is 1.70 bits per heavy atom. The van der Waals surface area contributed by atoms with Crippen molar-refractivity contribution in [2.24, 2.45) is 11.3 Å². The van der Waals surface area contributed by atoms with Crippen molar-refractivity contribution in [3.63, 3.8) is 0 Å². The van der Waals surface area contributed by atoms with Gasteiger partial charge in [0.15, 0.2) is 5.78 Å². The van der Waals surface area contributed by atoms with Crippen LogP contribution in [0.15, 0.2) is 54.6 Å². The molecular formula is C23H22O4. The number of esters is 1. The number of fused-ring (bicyclic) bond motifs is 1. The highest BCUT2D eigenvalue weighted by Crippen LogP contribution is 2.61. The first kappa shape index (κ1) is 17.5. The molecule has 1 fully saturated rings. The van der Waals surface area contributed by atoms with Crippen molar-refractivity contribution in [1.82, 2.24) is 0 Å². The zero-order valence-electron chi connectivity index (χ0n) is 15.5. The first-order valence-electron chi connectivity index (χ1n) is 9.20. The molecule has 4 heteroatoms. The zero-order chi connectivity index (χ0) is 19.0. The van der Waals surface area contributed by atoms with Crippen LogP contribution < -0.4 is 4.74 Å². The van der Waals surface area contributed by atoms with E-state index in [1.165, 1.54) is 7.11 Å². The number of carbonyl (C=O) groups is 2. The van der Waals surface area contributed by atoms with Crippen LogP contribution in [0.1, 0.15) is 30.4 Å². The number of Topliss-reactive ketones (excluding diaryl/α,β-unsaturated/α-hetero) is 1. The molecule has 27 heavy (non-hydrogen) atoms. The fraction of sp³-hybridized carbons (Fsp3) is 0.304. The van der Waals surface area contributed by atoms with Crippen molar-refractivity contribution in [2.75, 3.05) is 14.2 Å². The highest BCUT2D eigenvalue weighted by atomic mass is 16.5. The summed E-state index contributed by atoms with van der Waals surface area (Å²) < 4.78 is 10.5. The average molecular weight is 362 g/mol. The van der Waals surface area contributed by atoms with Crippen LogP contribution in [0, 0.1) is 11.3 Å². The van der Waals surface area contributed by atoms with Gasteiger partial charge in [-0.1, -0.05) is 48.9 Å². The second kappa shape index (κ2) is 6.69. The van der Waals surface area contributed by atoms with E-state index in [1.807, 2.05) is 54.6 Å². The maximum atomic E-state index is 13.4. The Bertz CT molecular complexity index is 911. The number of ether oxygens (including phenoxy) is 2. The lowest BCUT2D eigenvalue weighted by molar-refractivity contribution is -0.152. The van der Waals surface area contributed by atoms with Gasteiger partial charge in [-0.3, -0.25) is 9.59 Å². The predicted molar refractivity (Wildman–Crippen MR) is 103 cm³/mol. The molecule has 138 valence electrons. The summed E-state index contributed by atoms with van der Waals surface area (Å²) in [6.45, 7) is 0. The van der Waals surface area contributed by atoms with Crippen LogP contribution in [-0.2, 0) is 14.3 Å². The van der Waals surface area contributed by atoms with Gasteiger partial charge in [-0.2, -0.15) is 0 Å². The Balaban J connectivity index is 2.01. The molecule has 4 rings (SSSR count). The minimum Gasteiger partial charge on any atom is -0.497 e. The van der Waals surface area contributed by atoms with Crippen LogP contribution in [0.5, 0.6) is 5.75 Å². The van der Waals surface area contributed by atoms with Crippen LogP contribution in [0.2, 0.25) is 0 Å². The Labute approximate surface area is 158 Å². The van der Waals surface area contributed by atoms with E-state index in [0.717, 1.165) is 28.9 Å². The van der Waals surface area contributed by atoms with E-state index >= 15 is 0 Å². The van der Waals surface area contributed by atoms with E-state index in [0.29, 0.717) is 18.4 Å². The number of allylic oxidation sites excluding steroid dienone is 1. The van der Waals surface area contributed by atoms with Crippen LogP contribution in [0.25, 0.3) is 11.1 Å². The lowest BCUT2D eigenvalue weighted by Crippen LogP contribution is -2.36. The van der Waals surface area contributed by atoms with Gasteiger partial charge in [0, 0.05) is 11.5 Å². The van der Waals surface area contributed by atoms with Crippen LogP contribution in [-0.4, -0.2) is 26.0 Å². The van der Waals surface area contributed by atoms with Gasteiger partial charge in [-0.15, -0.1) is 0 Å². The first-order valence-corrected chi connectivity index (χ1v) is 9.20. The first-order chi connectivity index (χ1) is 13.1. The Morgan fingerprint density at radius 1 is 1.00 bits per heavy atom. The van der Waals surface area contributed by atoms with Crippen LogP contribution in [0.3, 0.4) is 0 Å². The topological polar surface area (TPSA) is 52.6 Å². The van der Waals surface area contributed by atoms with E-state index < -0.39 is 5.41 Å². The number of hydrogen-bond donors (Lipinski definition) is 0. The van der Waals surface area contributed by atoms with Gasteiger partial charge in [0.2, 0.25) is 0 Å². The van der Waals surface area contributed by atoms with E-state index in [-0.39, 0.29) is 17.7 Å². The highest BCUT2D eigenvalue weighted by molar-refractivity contribution is 6.36. The number of ketones is 1. The van der Waals surface area contributed by atoms with Gasteiger partial charge >= 0.3 is 5.97 Å². The number of carbonyl (C=O) groups excluding carboxylic acids is 2. The molecule has 0 aliphatic heterocycles. The molecule has 0 bridgehead atoms. The quantitative estimate of drug-likeness (QED) is 0.767. The lowest BCUT2D eigenvalue weighted by Gasteiger charge is -2.29. The SMILES string of the molecule is COC(=O)C12CCCC1C(=O)C(c1ccccc1)=C2c1ccc(OC)cc1. The molecular weight excluding hydrogens is 340 g/mol. The fourth-order valence-electron chi connectivity index (χ4n) is 4.76. The molecule has 2 unspecified atom stereocenters. The molecule has 0 saturated heterocycles. The number of hydrogen-bond acceptors (Lipinski definition) is 4. The Kier molecular flexibility index (Phi) is 4.34. The summed E-state index contributed by atoms with van der Waals surface area (Å²) in [6.07, 6.45) is 2.19. The van der Waals surface area contributed by atoms with Crippen molar-refractivity contribution in [3.05, 3.63) is 65.7 Å². The summed E-state index contributed by atoms with van der Waals surface area (Å²) >= 11 is 0. The molecule has 2 aromatic rings. The number of methoxy groups -OCH3 is 2. The van der Waals surface area contributed by atoms with E-state index in [4.69, 9.17) is 9.47 Å². The van der Waals surface area contributed by atoms with E-state index in [9.17, 15) is 9.59 Å². The molecule has 0 aromatic heterocycles. The molecule has 2 aliphatic carbocycles. The number of benzene rings is 2. The number of rotatable bonds is 4. The van der Waals surface area contributed by atoms with Gasteiger partial charge in [0.25, 0.3) is 0 Å². The summed E-state index contributed by atoms with van der Waals surface area (Å²) in [5, 5.41) is 0. The predicted octanol–water partition coefficient (Wildman–Crippen LogP) is 4.15. The highest BCUT2D eigenvalue weighted by Gasteiger charge is 2.61. The van der Waals surface area contributed by atoms with Gasteiger partial charge in [0.05, 0.1) is 14.2 Å². The monoisotopic (exact) mass is 362 g/mol. The average Bonchev–Trinajstić information content (AvgIpc) is 3.26. The summed E-state index contributed by atoms with van der Waals surface area (Å²) in [5.41, 5.74) is 2.28. The Hall–Kier alpha value is -2.88. The minimum absolute atomic E-state index is 0.0509. The molecule has 2 aromatic carbocycles. The molecule has 0 N–H and O–H groups in total. The third kappa shape index (κ3) is 2.51. The molecule has 2 aliphatic rings. The van der Waals surface area contributed by atoms with Crippen LogP contribution >= 0.6 is 0 Å². The lowest BCUT2D eigenvalue weighted by atomic mass is 9.73. The maximum absolute atomic E-state index is 13.4.